The van der Waals surface area contributed by atoms with Crippen LogP contribution < -0.4 is 5.32 Å². The Hall–Kier alpha value is -3.06. The van der Waals surface area contributed by atoms with Gasteiger partial charge in [-0.1, -0.05) is 30.3 Å². The van der Waals surface area contributed by atoms with Crippen molar-refractivity contribution in [3.05, 3.63) is 66.9 Å². The minimum absolute atomic E-state index is 0.104. The minimum Gasteiger partial charge on any atom is -0.395 e. The summed E-state index contributed by atoms with van der Waals surface area (Å²) in [5.74, 6) is -0.622. The molecular weight excluding hydrogens is 366 g/mol. The van der Waals surface area contributed by atoms with E-state index in [1.807, 2.05) is 53.5 Å². The molecule has 1 saturated carbocycles. The zero-order valence-corrected chi connectivity index (χ0v) is 16.2. The number of amides is 1. The Labute approximate surface area is 169 Å². The predicted octanol–water partition coefficient (Wildman–Crippen LogP) is 2.72. The Bertz CT molecular complexity index is 921. The van der Waals surface area contributed by atoms with Gasteiger partial charge in [-0.2, -0.15) is 5.10 Å². The number of benzene rings is 1. The smallest absolute Gasteiger partial charge is 0.230 e. The van der Waals surface area contributed by atoms with Crippen LogP contribution in [0.25, 0.3) is 11.3 Å². The third-order valence-corrected chi connectivity index (χ3v) is 5.60. The number of nitrogens with zero attached hydrogens (tertiary/aromatic N) is 4. The first-order valence-corrected chi connectivity index (χ1v) is 10.0. The van der Waals surface area contributed by atoms with E-state index in [0.29, 0.717) is 6.04 Å². The van der Waals surface area contributed by atoms with E-state index < -0.39 is 5.92 Å². The molecule has 1 aliphatic rings. The van der Waals surface area contributed by atoms with Crippen molar-refractivity contribution in [1.82, 2.24) is 25.1 Å². The van der Waals surface area contributed by atoms with Crippen molar-refractivity contribution >= 4 is 5.91 Å². The maximum Gasteiger partial charge on any atom is 0.230 e. The van der Waals surface area contributed by atoms with Crippen LogP contribution in [0.15, 0.2) is 61.3 Å². The third kappa shape index (κ3) is 4.51. The molecule has 0 aliphatic heterocycles. The van der Waals surface area contributed by atoms with Crippen LogP contribution in [-0.2, 0) is 4.79 Å². The number of aliphatic hydroxyl groups is 1. The lowest BCUT2D eigenvalue weighted by Crippen LogP contribution is -2.41. The Balaban J connectivity index is 1.33. The van der Waals surface area contributed by atoms with Gasteiger partial charge in [0.25, 0.3) is 0 Å². The van der Waals surface area contributed by atoms with Gasteiger partial charge in [-0.05, 0) is 37.3 Å². The highest BCUT2D eigenvalue weighted by Gasteiger charge is 2.27. The van der Waals surface area contributed by atoms with Gasteiger partial charge < -0.3 is 10.4 Å². The van der Waals surface area contributed by atoms with E-state index in [2.05, 4.69) is 20.4 Å². The molecule has 3 aromatic rings. The molecule has 0 radical (unpaired) electrons. The minimum atomic E-state index is -0.518. The number of rotatable bonds is 6. The molecule has 1 atom stereocenters. The quantitative estimate of drug-likeness (QED) is 0.674. The Kier molecular flexibility index (Phi) is 5.95. The summed E-state index contributed by atoms with van der Waals surface area (Å²) in [5, 5.41) is 17.3. The van der Waals surface area contributed by atoms with Crippen molar-refractivity contribution in [2.45, 2.75) is 43.7 Å². The second-order valence-corrected chi connectivity index (χ2v) is 7.46. The molecule has 2 heterocycles. The fourth-order valence-corrected chi connectivity index (χ4v) is 3.94. The van der Waals surface area contributed by atoms with Crippen LogP contribution in [0, 0.1) is 0 Å². The topological polar surface area (TPSA) is 92.9 Å². The van der Waals surface area contributed by atoms with Crippen molar-refractivity contribution < 1.29 is 9.90 Å². The summed E-state index contributed by atoms with van der Waals surface area (Å²) in [4.78, 5) is 20.9. The summed E-state index contributed by atoms with van der Waals surface area (Å²) >= 11 is 0. The highest BCUT2D eigenvalue weighted by molar-refractivity contribution is 5.84. The summed E-state index contributed by atoms with van der Waals surface area (Å²) in [6.45, 7) is -0.190. The number of nitrogens with one attached hydrogen (secondary N) is 1. The second kappa shape index (κ2) is 8.96. The standard InChI is InChI=1S/C22H25N5O2/c28-14-20(16-4-2-1-3-5-16)22(29)26-18-6-8-19(9-7-18)27-13-17(12-25-27)21-10-11-23-15-24-21/h1-5,10-13,15,18-20,28H,6-9,14H2,(H,26,29). The Morgan fingerprint density at radius 3 is 2.66 bits per heavy atom. The molecule has 150 valence electrons. The van der Waals surface area contributed by atoms with E-state index in [-0.39, 0.29) is 18.6 Å². The summed E-state index contributed by atoms with van der Waals surface area (Å²) < 4.78 is 2.01. The highest BCUT2D eigenvalue weighted by atomic mass is 16.3. The van der Waals surface area contributed by atoms with Crippen molar-refractivity contribution in [3.63, 3.8) is 0 Å². The van der Waals surface area contributed by atoms with Gasteiger partial charge in [0.2, 0.25) is 5.91 Å². The lowest BCUT2D eigenvalue weighted by molar-refractivity contribution is -0.124. The summed E-state index contributed by atoms with van der Waals surface area (Å²) in [7, 11) is 0. The lowest BCUT2D eigenvalue weighted by Gasteiger charge is -2.30. The van der Waals surface area contributed by atoms with E-state index in [0.717, 1.165) is 42.5 Å². The largest absolute Gasteiger partial charge is 0.395 e. The maximum atomic E-state index is 12.7. The number of aliphatic hydroxyl groups excluding tert-OH is 1. The molecule has 2 N–H and O–H groups in total. The number of hydrogen-bond acceptors (Lipinski definition) is 5. The summed E-state index contributed by atoms with van der Waals surface area (Å²) in [6, 6.07) is 11.8. The van der Waals surface area contributed by atoms with Crippen LogP contribution in [0.3, 0.4) is 0 Å². The molecular formula is C22H25N5O2. The first-order valence-electron chi connectivity index (χ1n) is 10.0. The van der Waals surface area contributed by atoms with Crippen LogP contribution >= 0.6 is 0 Å². The van der Waals surface area contributed by atoms with Gasteiger partial charge in [-0.15, -0.1) is 0 Å². The third-order valence-electron chi connectivity index (χ3n) is 5.60. The van der Waals surface area contributed by atoms with Gasteiger partial charge in [-0.3, -0.25) is 9.48 Å². The SMILES string of the molecule is O=C(NC1CCC(n2cc(-c3ccncn3)cn2)CC1)C(CO)c1ccccc1. The van der Waals surface area contributed by atoms with E-state index in [4.69, 9.17) is 0 Å². The molecule has 29 heavy (non-hydrogen) atoms. The molecule has 1 aliphatic carbocycles. The molecule has 0 spiro atoms. The van der Waals surface area contributed by atoms with Crippen LogP contribution in [0.4, 0.5) is 0 Å². The van der Waals surface area contributed by atoms with E-state index >= 15 is 0 Å². The highest BCUT2D eigenvalue weighted by Crippen LogP contribution is 2.30. The van der Waals surface area contributed by atoms with Gasteiger partial charge in [0, 0.05) is 24.0 Å². The van der Waals surface area contributed by atoms with E-state index in [1.54, 1.807) is 6.20 Å². The summed E-state index contributed by atoms with van der Waals surface area (Å²) in [5.41, 5.74) is 2.69. The number of aromatic nitrogens is 4. The van der Waals surface area contributed by atoms with Gasteiger partial charge in [0.15, 0.2) is 0 Å². The van der Waals surface area contributed by atoms with Gasteiger partial charge in [0.1, 0.15) is 6.33 Å². The molecule has 7 nitrogen and oxygen atoms in total. The zero-order chi connectivity index (χ0) is 20.1. The predicted molar refractivity (Wildman–Crippen MR) is 109 cm³/mol. The molecule has 4 rings (SSSR count). The Morgan fingerprint density at radius 1 is 1.17 bits per heavy atom. The van der Waals surface area contributed by atoms with Crippen LogP contribution in [0.2, 0.25) is 0 Å². The molecule has 7 heteroatoms. The first kappa shape index (κ1) is 19.3. The van der Waals surface area contributed by atoms with Crippen LogP contribution in [0.1, 0.15) is 43.2 Å². The number of hydrogen-bond donors (Lipinski definition) is 2. The lowest BCUT2D eigenvalue weighted by atomic mass is 9.90. The Morgan fingerprint density at radius 2 is 1.97 bits per heavy atom. The molecule has 1 aromatic carbocycles. The average Bonchev–Trinajstić information content (AvgIpc) is 3.26. The van der Waals surface area contributed by atoms with E-state index in [1.165, 1.54) is 6.33 Å². The molecule has 1 amide bonds. The molecule has 0 bridgehead atoms. The maximum absolute atomic E-state index is 12.7. The number of carbonyl (C=O) groups excluding carboxylic acids is 1. The second-order valence-electron chi connectivity index (χ2n) is 7.46. The van der Waals surface area contributed by atoms with Crippen molar-refractivity contribution in [1.29, 1.82) is 0 Å². The van der Waals surface area contributed by atoms with Gasteiger partial charge in [0.05, 0.1) is 30.5 Å². The van der Waals surface area contributed by atoms with Crippen molar-refractivity contribution in [3.8, 4) is 11.3 Å². The fourth-order valence-electron chi connectivity index (χ4n) is 3.94. The summed E-state index contributed by atoms with van der Waals surface area (Å²) in [6.07, 6.45) is 10.8. The molecule has 1 unspecified atom stereocenters. The average molecular weight is 391 g/mol. The van der Waals surface area contributed by atoms with Gasteiger partial charge in [-0.25, -0.2) is 9.97 Å². The molecule has 2 aromatic heterocycles. The van der Waals surface area contributed by atoms with Crippen molar-refractivity contribution in [2.24, 2.45) is 0 Å². The monoisotopic (exact) mass is 391 g/mol. The van der Waals surface area contributed by atoms with Crippen LogP contribution in [-0.4, -0.2) is 43.4 Å². The first-order chi connectivity index (χ1) is 14.2. The zero-order valence-electron chi connectivity index (χ0n) is 16.2. The van der Waals surface area contributed by atoms with Gasteiger partial charge >= 0.3 is 0 Å². The van der Waals surface area contributed by atoms with Crippen LogP contribution in [0.5, 0.6) is 0 Å². The molecule has 1 fully saturated rings. The normalized spacial score (nSPS) is 20.2. The van der Waals surface area contributed by atoms with E-state index in [9.17, 15) is 9.90 Å². The van der Waals surface area contributed by atoms with Crippen molar-refractivity contribution in [2.75, 3.05) is 6.61 Å². The fraction of sp³-hybridized carbons (Fsp3) is 0.364. The number of carbonyl (C=O) groups is 1. The molecule has 0 saturated heterocycles.